The molecule has 0 aliphatic heterocycles. The highest BCUT2D eigenvalue weighted by atomic mass is 28.4. The molecule has 0 bridgehead atoms. The van der Waals surface area contributed by atoms with Gasteiger partial charge in [0.1, 0.15) is 0 Å². The molecule has 0 aliphatic carbocycles. The maximum Gasteiger partial charge on any atom is 0.334 e. The SMILES string of the molecule is C/C=C/C=C/COCCC[Si](C)(OC)OC. The lowest BCUT2D eigenvalue weighted by Crippen LogP contribution is -2.36. The molecule has 0 rings (SSSR count). The molecule has 0 aromatic heterocycles. The summed E-state index contributed by atoms with van der Waals surface area (Å²) in [6, 6.07) is 0.971. The van der Waals surface area contributed by atoms with Crippen LogP contribution in [-0.2, 0) is 13.6 Å². The predicted molar refractivity (Wildman–Crippen MR) is 69.8 cm³/mol. The molecule has 0 unspecified atom stereocenters. The van der Waals surface area contributed by atoms with E-state index in [-0.39, 0.29) is 0 Å². The van der Waals surface area contributed by atoms with Crippen molar-refractivity contribution in [1.29, 1.82) is 0 Å². The predicted octanol–water partition coefficient (Wildman–Crippen LogP) is 2.89. The zero-order chi connectivity index (χ0) is 12.3. The Balaban J connectivity index is 3.46. The summed E-state index contributed by atoms with van der Waals surface area (Å²) in [5.41, 5.74) is 0. The lowest BCUT2D eigenvalue weighted by Gasteiger charge is -2.22. The minimum Gasteiger partial charge on any atom is -0.398 e. The van der Waals surface area contributed by atoms with Gasteiger partial charge in [-0.15, -0.1) is 0 Å². The molecule has 0 radical (unpaired) electrons. The molecule has 16 heavy (non-hydrogen) atoms. The molecule has 0 amide bonds. The van der Waals surface area contributed by atoms with E-state index in [1.165, 1.54) is 0 Å². The number of hydrogen-bond donors (Lipinski definition) is 0. The monoisotopic (exact) mass is 244 g/mol. The highest BCUT2D eigenvalue weighted by Crippen LogP contribution is 2.13. The standard InChI is InChI=1S/C12H24O3Si/c1-5-6-7-8-10-15-11-9-12-16(4,13-2)14-3/h5-8H,9-12H2,1-4H3/b6-5+,8-7+. The fraction of sp³-hybridized carbons (Fsp3) is 0.667. The van der Waals surface area contributed by atoms with Crippen LogP contribution < -0.4 is 0 Å². The van der Waals surface area contributed by atoms with Crippen molar-refractivity contribution in [1.82, 2.24) is 0 Å². The van der Waals surface area contributed by atoms with Crippen molar-refractivity contribution < 1.29 is 13.6 Å². The van der Waals surface area contributed by atoms with E-state index in [1.54, 1.807) is 14.2 Å². The van der Waals surface area contributed by atoms with Gasteiger partial charge in [-0.1, -0.05) is 24.3 Å². The summed E-state index contributed by atoms with van der Waals surface area (Å²) in [5.74, 6) is 0. The third kappa shape index (κ3) is 7.82. The summed E-state index contributed by atoms with van der Waals surface area (Å²) in [7, 11) is 1.55. The Bertz CT molecular complexity index is 210. The van der Waals surface area contributed by atoms with Gasteiger partial charge in [0.05, 0.1) is 6.61 Å². The fourth-order valence-corrected chi connectivity index (χ4v) is 2.54. The Morgan fingerprint density at radius 1 is 1.12 bits per heavy atom. The molecular weight excluding hydrogens is 220 g/mol. The highest BCUT2D eigenvalue weighted by Gasteiger charge is 2.27. The molecule has 0 heterocycles. The fourth-order valence-electron chi connectivity index (χ4n) is 1.18. The summed E-state index contributed by atoms with van der Waals surface area (Å²) < 4.78 is 16.2. The van der Waals surface area contributed by atoms with E-state index in [0.29, 0.717) is 6.61 Å². The number of rotatable bonds is 9. The van der Waals surface area contributed by atoms with Crippen molar-refractivity contribution in [2.24, 2.45) is 0 Å². The molecule has 94 valence electrons. The molecule has 0 N–H and O–H groups in total. The minimum atomic E-state index is -1.89. The van der Waals surface area contributed by atoms with Gasteiger partial charge in [0.15, 0.2) is 0 Å². The van der Waals surface area contributed by atoms with Gasteiger partial charge in [0.25, 0.3) is 0 Å². The van der Waals surface area contributed by atoms with Gasteiger partial charge in [0, 0.05) is 20.8 Å². The molecule has 0 saturated carbocycles. The molecule has 3 nitrogen and oxygen atoms in total. The Labute approximate surface area is 100 Å². The first kappa shape index (κ1) is 15.6. The smallest absolute Gasteiger partial charge is 0.334 e. The lowest BCUT2D eigenvalue weighted by atomic mass is 10.4. The van der Waals surface area contributed by atoms with Crippen LogP contribution in [0.2, 0.25) is 12.6 Å². The first-order valence-corrected chi connectivity index (χ1v) is 8.16. The Kier molecular flexibility index (Phi) is 9.52. The van der Waals surface area contributed by atoms with Crippen molar-refractivity contribution in [2.75, 3.05) is 27.4 Å². The first-order chi connectivity index (χ1) is 7.68. The van der Waals surface area contributed by atoms with Crippen LogP contribution in [0.4, 0.5) is 0 Å². The minimum absolute atomic E-state index is 0.669. The van der Waals surface area contributed by atoms with Gasteiger partial charge in [-0.2, -0.15) is 0 Å². The summed E-state index contributed by atoms with van der Waals surface area (Å²) in [6.45, 7) is 5.49. The molecule has 0 aromatic carbocycles. The van der Waals surface area contributed by atoms with E-state index in [2.05, 4.69) is 6.55 Å². The van der Waals surface area contributed by atoms with Crippen molar-refractivity contribution in [3.05, 3.63) is 24.3 Å². The van der Waals surface area contributed by atoms with Crippen LogP contribution in [0.25, 0.3) is 0 Å². The second-order valence-corrected chi connectivity index (χ2v) is 7.26. The van der Waals surface area contributed by atoms with Crippen LogP contribution in [0.15, 0.2) is 24.3 Å². The summed E-state index contributed by atoms with van der Waals surface area (Å²) in [5, 5.41) is 0. The maximum atomic E-state index is 5.46. The third-order valence-corrected chi connectivity index (χ3v) is 5.43. The van der Waals surface area contributed by atoms with Crippen molar-refractivity contribution in [3.63, 3.8) is 0 Å². The van der Waals surface area contributed by atoms with Crippen molar-refractivity contribution in [2.45, 2.75) is 25.9 Å². The van der Waals surface area contributed by atoms with Gasteiger partial charge in [-0.25, -0.2) is 0 Å². The largest absolute Gasteiger partial charge is 0.398 e. The van der Waals surface area contributed by atoms with E-state index in [1.807, 2.05) is 31.2 Å². The second kappa shape index (κ2) is 9.78. The van der Waals surface area contributed by atoms with E-state index in [0.717, 1.165) is 19.1 Å². The molecular formula is C12H24O3Si. The van der Waals surface area contributed by atoms with Gasteiger partial charge in [-0.05, 0) is 25.9 Å². The molecule has 4 heteroatoms. The molecule has 0 spiro atoms. The van der Waals surface area contributed by atoms with Crippen LogP contribution in [0.3, 0.4) is 0 Å². The van der Waals surface area contributed by atoms with Crippen molar-refractivity contribution >= 4 is 8.56 Å². The van der Waals surface area contributed by atoms with E-state index < -0.39 is 8.56 Å². The molecule has 0 fully saturated rings. The maximum absolute atomic E-state index is 5.46. The molecule has 0 saturated heterocycles. The van der Waals surface area contributed by atoms with Crippen molar-refractivity contribution in [3.8, 4) is 0 Å². The molecule has 0 aromatic rings. The first-order valence-electron chi connectivity index (χ1n) is 5.64. The zero-order valence-electron chi connectivity index (χ0n) is 10.9. The number of hydrogen-bond acceptors (Lipinski definition) is 3. The number of ether oxygens (including phenoxy) is 1. The highest BCUT2D eigenvalue weighted by molar-refractivity contribution is 6.65. The Morgan fingerprint density at radius 3 is 2.38 bits per heavy atom. The Hall–Kier alpha value is -0.423. The van der Waals surface area contributed by atoms with Gasteiger partial charge < -0.3 is 13.6 Å². The van der Waals surface area contributed by atoms with Crippen LogP contribution >= 0.6 is 0 Å². The van der Waals surface area contributed by atoms with Crippen LogP contribution in [0.5, 0.6) is 0 Å². The topological polar surface area (TPSA) is 27.7 Å². The summed E-state index contributed by atoms with van der Waals surface area (Å²) >= 11 is 0. The van der Waals surface area contributed by atoms with Crippen LogP contribution in [0.1, 0.15) is 13.3 Å². The summed E-state index contributed by atoms with van der Waals surface area (Å²) in [4.78, 5) is 0. The molecule has 0 atom stereocenters. The number of allylic oxidation sites excluding steroid dienone is 3. The normalized spacial score (nSPS) is 13.0. The Morgan fingerprint density at radius 2 is 1.81 bits per heavy atom. The van der Waals surface area contributed by atoms with Gasteiger partial charge >= 0.3 is 8.56 Å². The average Bonchev–Trinajstić information content (AvgIpc) is 2.32. The lowest BCUT2D eigenvalue weighted by molar-refractivity contribution is 0.158. The third-order valence-electron chi connectivity index (χ3n) is 2.44. The average molecular weight is 244 g/mol. The van der Waals surface area contributed by atoms with Crippen LogP contribution in [-0.4, -0.2) is 36.0 Å². The second-order valence-electron chi connectivity index (χ2n) is 3.67. The van der Waals surface area contributed by atoms with E-state index in [9.17, 15) is 0 Å². The van der Waals surface area contributed by atoms with E-state index in [4.69, 9.17) is 13.6 Å². The van der Waals surface area contributed by atoms with E-state index >= 15 is 0 Å². The van der Waals surface area contributed by atoms with Gasteiger partial charge in [0.2, 0.25) is 0 Å². The molecule has 0 aliphatic rings. The summed E-state index contributed by atoms with van der Waals surface area (Å²) in [6.07, 6.45) is 8.96. The van der Waals surface area contributed by atoms with Gasteiger partial charge in [-0.3, -0.25) is 0 Å². The zero-order valence-corrected chi connectivity index (χ0v) is 11.9. The van der Waals surface area contributed by atoms with Crippen LogP contribution in [0, 0.1) is 0 Å². The quantitative estimate of drug-likeness (QED) is 0.354.